The number of nitrogens with one attached hydrogen (secondary N) is 1. The second kappa shape index (κ2) is 8.04. The molecule has 1 aliphatic carbocycles. The van der Waals surface area contributed by atoms with E-state index in [1.807, 2.05) is 6.07 Å². The molecule has 1 unspecified atom stereocenters. The number of hydrogen-bond acceptors (Lipinski definition) is 2. The van der Waals surface area contributed by atoms with Crippen LogP contribution in [0.3, 0.4) is 0 Å². The first-order valence-electron chi connectivity index (χ1n) is 7.81. The summed E-state index contributed by atoms with van der Waals surface area (Å²) in [5.74, 6) is 1.85. The van der Waals surface area contributed by atoms with Crippen LogP contribution in [-0.2, 0) is 0 Å². The zero-order valence-corrected chi connectivity index (χ0v) is 14.2. The van der Waals surface area contributed by atoms with E-state index < -0.39 is 0 Å². The van der Waals surface area contributed by atoms with Gasteiger partial charge in [0.15, 0.2) is 0 Å². The quantitative estimate of drug-likeness (QED) is 0.780. The molecule has 1 atom stereocenters. The van der Waals surface area contributed by atoms with Gasteiger partial charge in [0.1, 0.15) is 5.75 Å². The minimum Gasteiger partial charge on any atom is -0.496 e. The summed E-state index contributed by atoms with van der Waals surface area (Å²) in [6, 6.07) is 6.71. The monoisotopic (exact) mass is 339 g/mol. The van der Waals surface area contributed by atoms with Crippen molar-refractivity contribution in [2.45, 2.75) is 51.5 Å². The largest absolute Gasteiger partial charge is 0.496 e. The normalized spacial score (nSPS) is 17.9. The molecule has 1 aromatic rings. The number of ether oxygens (including phenoxy) is 1. The highest BCUT2D eigenvalue weighted by Gasteiger charge is 2.22. The summed E-state index contributed by atoms with van der Waals surface area (Å²) in [5.41, 5.74) is 1.29. The highest BCUT2D eigenvalue weighted by Crippen LogP contribution is 2.36. The van der Waals surface area contributed by atoms with Crippen LogP contribution in [0.1, 0.15) is 57.1 Å². The van der Waals surface area contributed by atoms with E-state index in [2.05, 4.69) is 40.3 Å². The van der Waals surface area contributed by atoms with Gasteiger partial charge in [0.25, 0.3) is 0 Å². The summed E-state index contributed by atoms with van der Waals surface area (Å²) in [5, 5.41) is 3.65. The lowest BCUT2D eigenvalue weighted by Crippen LogP contribution is -2.25. The van der Waals surface area contributed by atoms with Crippen molar-refractivity contribution in [3.63, 3.8) is 0 Å². The van der Waals surface area contributed by atoms with E-state index in [0.29, 0.717) is 6.04 Å². The molecular weight excluding hydrogens is 314 g/mol. The predicted molar refractivity (Wildman–Crippen MR) is 88.3 cm³/mol. The van der Waals surface area contributed by atoms with Gasteiger partial charge in [-0.05, 0) is 37.1 Å². The van der Waals surface area contributed by atoms with Gasteiger partial charge in [0, 0.05) is 16.1 Å². The van der Waals surface area contributed by atoms with Gasteiger partial charge in [0.05, 0.1) is 7.11 Å². The zero-order valence-electron chi connectivity index (χ0n) is 12.6. The number of hydrogen-bond donors (Lipinski definition) is 1. The third-order valence-corrected chi connectivity index (χ3v) is 4.80. The summed E-state index contributed by atoms with van der Waals surface area (Å²) in [6.07, 6.45) is 8.22. The molecule has 0 heterocycles. The van der Waals surface area contributed by atoms with Crippen molar-refractivity contribution in [2.75, 3.05) is 13.7 Å². The maximum Gasteiger partial charge on any atom is 0.123 e. The summed E-state index contributed by atoms with van der Waals surface area (Å²) < 4.78 is 6.68. The Labute approximate surface area is 131 Å². The molecule has 2 nitrogen and oxygen atoms in total. The van der Waals surface area contributed by atoms with Gasteiger partial charge in [-0.2, -0.15) is 0 Å². The van der Waals surface area contributed by atoms with E-state index in [-0.39, 0.29) is 0 Å². The van der Waals surface area contributed by atoms with Crippen molar-refractivity contribution in [1.82, 2.24) is 5.32 Å². The van der Waals surface area contributed by atoms with Crippen molar-refractivity contribution in [3.8, 4) is 5.75 Å². The summed E-state index contributed by atoms with van der Waals surface area (Å²) >= 11 is 3.59. The van der Waals surface area contributed by atoms with Gasteiger partial charge >= 0.3 is 0 Å². The SMILES string of the molecule is CCNC(CC1CCCCC1)c1cc(Br)ccc1OC. The topological polar surface area (TPSA) is 21.3 Å². The fourth-order valence-corrected chi connectivity index (χ4v) is 3.68. The number of halogens is 1. The van der Waals surface area contributed by atoms with Crippen molar-refractivity contribution >= 4 is 15.9 Å². The molecule has 0 bridgehead atoms. The van der Waals surface area contributed by atoms with Crippen molar-refractivity contribution < 1.29 is 4.74 Å². The van der Waals surface area contributed by atoms with Crippen LogP contribution in [0, 0.1) is 5.92 Å². The van der Waals surface area contributed by atoms with Crippen LogP contribution in [0.2, 0.25) is 0 Å². The Balaban J connectivity index is 2.16. The fraction of sp³-hybridized carbons (Fsp3) is 0.647. The number of methoxy groups -OCH3 is 1. The van der Waals surface area contributed by atoms with Gasteiger partial charge in [-0.1, -0.05) is 55.0 Å². The molecule has 3 heteroatoms. The van der Waals surface area contributed by atoms with Gasteiger partial charge < -0.3 is 10.1 Å². The Morgan fingerprint density at radius 2 is 2.05 bits per heavy atom. The third kappa shape index (κ3) is 4.23. The average molecular weight is 340 g/mol. The van der Waals surface area contributed by atoms with E-state index in [0.717, 1.165) is 22.7 Å². The molecule has 1 N–H and O–H groups in total. The maximum absolute atomic E-state index is 5.56. The molecule has 0 amide bonds. The Hall–Kier alpha value is -0.540. The molecule has 0 radical (unpaired) electrons. The number of benzene rings is 1. The molecule has 0 spiro atoms. The van der Waals surface area contributed by atoms with Gasteiger partial charge in [-0.25, -0.2) is 0 Å². The van der Waals surface area contributed by atoms with E-state index in [4.69, 9.17) is 4.74 Å². The molecule has 112 valence electrons. The Morgan fingerprint density at radius 3 is 2.70 bits per heavy atom. The molecule has 0 saturated heterocycles. The van der Waals surface area contributed by atoms with Crippen LogP contribution in [0.5, 0.6) is 5.75 Å². The maximum atomic E-state index is 5.56. The van der Waals surface area contributed by atoms with E-state index >= 15 is 0 Å². The smallest absolute Gasteiger partial charge is 0.123 e. The summed E-state index contributed by atoms with van der Waals surface area (Å²) in [4.78, 5) is 0. The van der Waals surface area contributed by atoms with Gasteiger partial charge in [-0.15, -0.1) is 0 Å². The van der Waals surface area contributed by atoms with Crippen LogP contribution >= 0.6 is 15.9 Å². The van der Waals surface area contributed by atoms with E-state index in [1.54, 1.807) is 7.11 Å². The van der Waals surface area contributed by atoms with Crippen molar-refractivity contribution in [3.05, 3.63) is 28.2 Å². The molecular formula is C17H26BrNO. The second-order valence-electron chi connectivity index (χ2n) is 5.74. The summed E-state index contributed by atoms with van der Waals surface area (Å²) in [7, 11) is 1.76. The van der Waals surface area contributed by atoms with Crippen LogP contribution in [0.15, 0.2) is 22.7 Å². The summed E-state index contributed by atoms with van der Waals surface area (Å²) in [6.45, 7) is 3.17. The first-order valence-corrected chi connectivity index (χ1v) is 8.60. The number of rotatable bonds is 6. The molecule has 1 aliphatic rings. The first kappa shape index (κ1) is 15.8. The Morgan fingerprint density at radius 1 is 1.30 bits per heavy atom. The van der Waals surface area contributed by atoms with Crippen LogP contribution in [0.4, 0.5) is 0 Å². The molecule has 0 aliphatic heterocycles. The predicted octanol–water partition coefficient (Wildman–Crippen LogP) is 5.08. The Bertz CT molecular complexity index is 415. The fourth-order valence-electron chi connectivity index (χ4n) is 3.30. The van der Waals surface area contributed by atoms with Crippen LogP contribution in [-0.4, -0.2) is 13.7 Å². The standard InChI is InChI=1S/C17H26BrNO/c1-3-19-16(11-13-7-5-4-6-8-13)15-12-14(18)9-10-17(15)20-2/h9-10,12-13,16,19H,3-8,11H2,1-2H3. The van der Waals surface area contributed by atoms with Gasteiger partial charge in [-0.3, -0.25) is 0 Å². The lowest BCUT2D eigenvalue weighted by molar-refractivity contribution is 0.297. The molecule has 1 fully saturated rings. The highest BCUT2D eigenvalue weighted by molar-refractivity contribution is 9.10. The van der Waals surface area contributed by atoms with Crippen molar-refractivity contribution in [2.24, 2.45) is 5.92 Å². The van der Waals surface area contributed by atoms with Gasteiger partial charge in [0.2, 0.25) is 0 Å². The minimum absolute atomic E-state index is 0.399. The molecule has 2 rings (SSSR count). The molecule has 1 saturated carbocycles. The van der Waals surface area contributed by atoms with Crippen molar-refractivity contribution in [1.29, 1.82) is 0 Å². The second-order valence-corrected chi connectivity index (χ2v) is 6.65. The molecule has 1 aromatic carbocycles. The molecule has 20 heavy (non-hydrogen) atoms. The zero-order chi connectivity index (χ0) is 14.4. The minimum atomic E-state index is 0.399. The first-order chi connectivity index (χ1) is 9.74. The third-order valence-electron chi connectivity index (χ3n) is 4.31. The van der Waals surface area contributed by atoms with E-state index in [9.17, 15) is 0 Å². The Kier molecular flexibility index (Phi) is 6.37. The average Bonchev–Trinajstić information content (AvgIpc) is 2.48. The van der Waals surface area contributed by atoms with Crippen LogP contribution in [0.25, 0.3) is 0 Å². The lowest BCUT2D eigenvalue weighted by atomic mass is 9.83. The van der Waals surface area contributed by atoms with Crippen LogP contribution < -0.4 is 10.1 Å². The van der Waals surface area contributed by atoms with E-state index in [1.165, 1.54) is 44.1 Å². The molecule has 0 aromatic heterocycles. The lowest BCUT2D eigenvalue weighted by Gasteiger charge is -2.28. The highest BCUT2D eigenvalue weighted by atomic mass is 79.9.